The van der Waals surface area contributed by atoms with E-state index in [4.69, 9.17) is 4.74 Å². The Balaban J connectivity index is 1.97. The van der Waals surface area contributed by atoms with Crippen molar-refractivity contribution < 1.29 is 27.5 Å². The van der Waals surface area contributed by atoms with Gasteiger partial charge in [0.1, 0.15) is 0 Å². The van der Waals surface area contributed by atoms with Crippen LogP contribution in [0.4, 0.5) is 13.2 Å². The molecule has 9 heteroatoms. The van der Waals surface area contributed by atoms with Crippen molar-refractivity contribution in [3.63, 3.8) is 0 Å². The van der Waals surface area contributed by atoms with E-state index < -0.39 is 17.6 Å². The minimum Gasteiger partial charge on any atom is -0.375 e. The van der Waals surface area contributed by atoms with E-state index in [1.165, 1.54) is 12.1 Å². The monoisotopic (exact) mass is 485 g/mol. The molecule has 0 spiro atoms. The fourth-order valence-corrected chi connectivity index (χ4v) is 4.12. The first-order valence-electron chi connectivity index (χ1n) is 11.8. The summed E-state index contributed by atoms with van der Waals surface area (Å²) in [5.74, 6) is -0.986. The Morgan fingerprint density at radius 3 is 2.44 bits per heavy atom. The number of amides is 2. The second-order valence-electron chi connectivity index (χ2n) is 10.3. The Labute approximate surface area is 200 Å². The molecule has 0 unspecified atom stereocenters. The summed E-state index contributed by atoms with van der Waals surface area (Å²) < 4.78 is 44.7. The van der Waals surface area contributed by atoms with E-state index in [1.807, 2.05) is 20.8 Å². The molecule has 192 valence electrons. The molecule has 1 fully saturated rings. The average Bonchev–Trinajstić information content (AvgIpc) is 2.75. The lowest BCUT2D eigenvalue weighted by Gasteiger charge is -2.42. The lowest BCUT2D eigenvalue weighted by Crippen LogP contribution is -2.52. The molecule has 0 aliphatic heterocycles. The van der Waals surface area contributed by atoms with Gasteiger partial charge in [-0.25, -0.2) is 0 Å². The maximum atomic E-state index is 12.9. The van der Waals surface area contributed by atoms with Gasteiger partial charge in [0.05, 0.1) is 24.3 Å². The highest BCUT2D eigenvalue weighted by molar-refractivity contribution is 5.96. The number of ether oxygens (including phenoxy) is 1. The molecule has 6 nitrogen and oxygen atoms in total. The summed E-state index contributed by atoms with van der Waals surface area (Å²) in [6.07, 6.45) is -1.94. The van der Waals surface area contributed by atoms with Gasteiger partial charge in [0.25, 0.3) is 5.91 Å². The summed E-state index contributed by atoms with van der Waals surface area (Å²) in [4.78, 5) is 27.2. The van der Waals surface area contributed by atoms with Crippen LogP contribution in [0.15, 0.2) is 24.3 Å². The summed E-state index contributed by atoms with van der Waals surface area (Å²) in [5, 5.41) is 5.43. The number of hydrogen-bond donors (Lipinski definition) is 2. The van der Waals surface area contributed by atoms with Gasteiger partial charge in [0, 0.05) is 29.6 Å². The molecule has 1 saturated carbocycles. The molecule has 1 aromatic rings. The van der Waals surface area contributed by atoms with Crippen LogP contribution in [-0.4, -0.2) is 60.6 Å². The number of benzene rings is 1. The van der Waals surface area contributed by atoms with Gasteiger partial charge in [0.2, 0.25) is 5.91 Å². The van der Waals surface area contributed by atoms with Crippen molar-refractivity contribution in [2.24, 2.45) is 5.92 Å². The first-order valence-corrected chi connectivity index (χ1v) is 11.8. The zero-order valence-corrected chi connectivity index (χ0v) is 21.0. The molecule has 2 rings (SSSR count). The summed E-state index contributed by atoms with van der Waals surface area (Å²) in [6.45, 7) is 10.5. The third-order valence-electron chi connectivity index (χ3n) is 6.28. The Bertz CT molecular complexity index is 837. The molecular formula is C25H38F3N3O3. The van der Waals surface area contributed by atoms with Gasteiger partial charge >= 0.3 is 6.18 Å². The molecule has 1 aliphatic rings. The van der Waals surface area contributed by atoms with Crippen LogP contribution in [0.25, 0.3) is 0 Å². The van der Waals surface area contributed by atoms with E-state index in [1.54, 1.807) is 0 Å². The highest BCUT2D eigenvalue weighted by atomic mass is 19.4. The third kappa shape index (κ3) is 8.58. The van der Waals surface area contributed by atoms with Crippen molar-refractivity contribution in [3.8, 4) is 0 Å². The molecule has 2 N–H and O–H groups in total. The second-order valence-corrected chi connectivity index (χ2v) is 10.3. The zero-order chi connectivity index (χ0) is 25.7. The summed E-state index contributed by atoms with van der Waals surface area (Å²) in [6, 6.07) is 4.83. The number of alkyl halides is 3. The van der Waals surface area contributed by atoms with Crippen molar-refractivity contribution in [2.75, 3.05) is 20.2 Å². The lowest BCUT2D eigenvalue weighted by atomic mass is 9.81. The summed E-state index contributed by atoms with van der Waals surface area (Å²) in [5.41, 5.74) is -1.35. The molecule has 1 aliphatic carbocycles. The van der Waals surface area contributed by atoms with Crippen LogP contribution in [0, 0.1) is 5.92 Å². The normalized spacial score (nSPS) is 21.6. The van der Waals surface area contributed by atoms with Crippen molar-refractivity contribution in [3.05, 3.63) is 35.4 Å². The van der Waals surface area contributed by atoms with E-state index in [0.717, 1.165) is 31.4 Å². The van der Waals surface area contributed by atoms with E-state index in [-0.39, 0.29) is 35.6 Å². The lowest BCUT2D eigenvalue weighted by molar-refractivity contribution is -0.137. The molecule has 0 saturated heterocycles. The number of rotatable bonds is 8. The minimum atomic E-state index is -4.54. The van der Waals surface area contributed by atoms with Gasteiger partial charge in [-0.15, -0.1) is 0 Å². The quantitative estimate of drug-likeness (QED) is 0.578. The fourth-order valence-electron chi connectivity index (χ4n) is 4.12. The van der Waals surface area contributed by atoms with Crippen LogP contribution in [0.2, 0.25) is 0 Å². The first kappa shape index (κ1) is 28.1. The van der Waals surface area contributed by atoms with E-state index in [9.17, 15) is 22.8 Å². The van der Waals surface area contributed by atoms with Gasteiger partial charge in [-0.05, 0) is 79.1 Å². The third-order valence-corrected chi connectivity index (χ3v) is 6.28. The second kappa shape index (κ2) is 11.5. The number of nitrogens with one attached hydrogen (secondary N) is 2. The average molecular weight is 486 g/mol. The maximum absolute atomic E-state index is 12.9. The number of nitrogens with zero attached hydrogens (tertiary/aromatic N) is 1. The number of hydrogen-bond acceptors (Lipinski definition) is 4. The molecule has 2 amide bonds. The molecule has 0 radical (unpaired) electrons. The van der Waals surface area contributed by atoms with Crippen molar-refractivity contribution in [1.82, 2.24) is 15.5 Å². The van der Waals surface area contributed by atoms with Crippen LogP contribution in [0.3, 0.4) is 0 Å². The molecule has 0 heterocycles. The Morgan fingerprint density at radius 1 is 1.18 bits per heavy atom. The van der Waals surface area contributed by atoms with Gasteiger partial charge in [-0.3, -0.25) is 9.59 Å². The van der Waals surface area contributed by atoms with Gasteiger partial charge in [-0.1, -0.05) is 6.07 Å². The first-order chi connectivity index (χ1) is 15.7. The van der Waals surface area contributed by atoms with Gasteiger partial charge in [0.15, 0.2) is 0 Å². The maximum Gasteiger partial charge on any atom is 0.416 e. The highest BCUT2D eigenvalue weighted by Gasteiger charge is 2.35. The number of halogens is 3. The van der Waals surface area contributed by atoms with Crippen molar-refractivity contribution in [1.29, 1.82) is 0 Å². The fraction of sp³-hybridized carbons (Fsp3) is 0.680. The van der Waals surface area contributed by atoms with Crippen LogP contribution >= 0.6 is 0 Å². The number of carbonyl (C=O) groups excluding carboxylic acids is 2. The predicted molar refractivity (Wildman–Crippen MR) is 125 cm³/mol. The van der Waals surface area contributed by atoms with Crippen LogP contribution in [-0.2, 0) is 15.7 Å². The van der Waals surface area contributed by atoms with Crippen LogP contribution in [0.1, 0.15) is 69.8 Å². The summed E-state index contributed by atoms with van der Waals surface area (Å²) >= 11 is 0. The van der Waals surface area contributed by atoms with Gasteiger partial charge in [-0.2, -0.15) is 13.2 Å². The van der Waals surface area contributed by atoms with Crippen molar-refractivity contribution in [2.45, 2.75) is 83.8 Å². The topological polar surface area (TPSA) is 70.7 Å². The highest BCUT2D eigenvalue weighted by Crippen LogP contribution is 2.31. The van der Waals surface area contributed by atoms with E-state index >= 15 is 0 Å². The van der Waals surface area contributed by atoms with Crippen LogP contribution < -0.4 is 10.6 Å². The molecule has 1 aromatic carbocycles. The van der Waals surface area contributed by atoms with Crippen LogP contribution in [0.5, 0.6) is 0 Å². The molecule has 3 atom stereocenters. The molecular weight excluding hydrogens is 447 g/mol. The predicted octanol–water partition coefficient (Wildman–Crippen LogP) is 4.24. The van der Waals surface area contributed by atoms with E-state index in [2.05, 4.69) is 36.4 Å². The number of carbonyl (C=O) groups is 2. The largest absolute Gasteiger partial charge is 0.416 e. The zero-order valence-electron chi connectivity index (χ0n) is 21.0. The van der Waals surface area contributed by atoms with Gasteiger partial charge < -0.3 is 20.3 Å². The SMILES string of the molecule is CC(C)N(C)[C@@H]1CC[C@H](NC(=O)CNC(=O)c2cccc(C(F)(F)F)c2)[C@@H](COC(C)(C)C)C1. The smallest absolute Gasteiger partial charge is 0.375 e. The Hall–Kier alpha value is -2.13. The standard InChI is InChI=1S/C25H38F3N3O3/c1-16(2)31(6)20-10-11-21(18(13-20)15-34-24(3,4)5)30-22(32)14-29-23(33)17-8-7-9-19(12-17)25(26,27)28/h7-9,12,16,18,20-21H,10-11,13-15H2,1-6H3,(H,29,33)(H,30,32)/t18-,20-,21+/m1/s1. The summed E-state index contributed by atoms with van der Waals surface area (Å²) in [7, 11) is 2.11. The molecule has 0 bridgehead atoms. The Kier molecular flexibility index (Phi) is 9.53. The van der Waals surface area contributed by atoms with Crippen molar-refractivity contribution >= 4 is 11.8 Å². The Morgan fingerprint density at radius 2 is 1.85 bits per heavy atom. The van der Waals surface area contributed by atoms with E-state index in [0.29, 0.717) is 18.7 Å². The molecule has 34 heavy (non-hydrogen) atoms. The molecule has 0 aromatic heterocycles. The minimum absolute atomic E-state index is 0.0999.